The smallest absolute Gasteiger partial charge is 0.101 e. The SMILES string of the molecule is C/C=C\C=C(/CC1=NCCCN1)SCc1cc(C)ccc1CC. The minimum absolute atomic E-state index is 0.919. The van der Waals surface area contributed by atoms with Gasteiger partial charge >= 0.3 is 0 Å². The number of benzene rings is 1. The molecule has 1 aliphatic rings. The first kappa shape index (κ1) is 17.9. The molecule has 1 aromatic rings. The number of amidine groups is 1. The van der Waals surface area contributed by atoms with E-state index < -0.39 is 0 Å². The van der Waals surface area contributed by atoms with E-state index in [9.17, 15) is 0 Å². The van der Waals surface area contributed by atoms with Crippen molar-refractivity contribution in [3.8, 4) is 0 Å². The van der Waals surface area contributed by atoms with E-state index >= 15 is 0 Å². The van der Waals surface area contributed by atoms with Crippen molar-refractivity contribution in [2.24, 2.45) is 4.99 Å². The van der Waals surface area contributed by atoms with Crippen LogP contribution in [0.25, 0.3) is 0 Å². The number of nitrogens with zero attached hydrogens (tertiary/aromatic N) is 1. The average molecular weight is 329 g/mol. The Kier molecular flexibility index (Phi) is 7.47. The lowest BCUT2D eigenvalue weighted by Gasteiger charge is -2.16. The fourth-order valence-electron chi connectivity index (χ4n) is 2.63. The molecule has 0 bridgehead atoms. The molecule has 0 spiro atoms. The van der Waals surface area contributed by atoms with Gasteiger partial charge in [-0.3, -0.25) is 4.99 Å². The zero-order valence-electron chi connectivity index (χ0n) is 14.6. The Labute approximate surface area is 145 Å². The van der Waals surface area contributed by atoms with Gasteiger partial charge < -0.3 is 5.32 Å². The van der Waals surface area contributed by atoms with Gasteiger partial charge in [-0.05, 0) is 42.7 Å². The fourth-order valence-corrected chi connectivity index (χ4v) is 3.65. The second-order valence-corrected chi connectivity index (χ2v) is 6.96. The van der Waals surface area contributed by atoms with Gasteiger partial charge in [0.05, 0.1) is 0 Å². The topological polar surface area (TPSA) is 24.4 Å². The Hall–Kier alpha value is -1.48. The van der Waals surface area contributed by atoms with Crippen LogP contribution in [0, 0.1) is 6.92 Å². The Morgan fingerprint density at radius 1 is 1.35 bits per heavy atom. The quantitative estimate of drug-likeness (QED) is 0.710. The summed E-state index contributed by atoms with van der Waals surface area (Å²) in [7, 11) is 0. The molecule has 3 heteroatoms. The summed E-state index contributed by atoms with van der Waals surface area (Å²) in [5.74, 6) is 2.17. The van der Waals surface area contributed by atoms with Gasteiger partial charge in [0.15, 0.2) is 0 Å². The number of thioether (sulfide) groups is 1. The van der Waals surface area contributed by atoms with Gasteiger partial charge in [0.2, 0.25) is 0 Å². The Morgan fingerprint density at radius 3 is 2.91 bits per heavy atom. The molecule has 1 aromatic carbocycles. The minimum atomic E-state index is 0.919. The van der Waals surface area contributed by atoms with Crippen LogP contribution in [0.3, 0.4) is 0 Å². The minimum Gasteiger partial charge on any atom is -0.373 e. The predicted molar refractivity (Wildman–Crippen MR) is 104 cm³/mol. The standard InChI is InChI=1S/C20H28N2S/c1-4-6-8-19(14-20-21-11-7-12-22-20)23-15-18-13-16(3)9-10-17(18)5-2/h4,6,8-10,13H,5,7,11-12,14-15H2,1-3H3,(H,21,22)/b6-4-,19-8+. The van der Waals surface area contributed by atoms with Gasteiger partial charge in [0, 0.05) is 25.3 Å². The molecular weight excluding hydrogens is 300 g/mol. The monoisotopic (exact) mass is 328 g/mol. The van der Waals surface area contributed by atoms with Crippen LogP contribution in [0.2, 0.25) is 0 Å². The summed E-state index contributed by atoms with van der Waals surface area (Å²) in [4.78, 5) is 5.98. The van der Waals surface area contributed by atoms with Crippen LogP contribution in [-0.4, -0.2) is 18.9 Å². The third-order valence-corrected chi connectivity index (χ3v) is 5.05. The Balaban J connectivity index is 2.06. The zero-order chi connectivity index (χ0) is 16.5. The molecule has 0 aromatic heterocycles. The Bertz CT molecular complexity index is 600. The zero-order valence-corrected chi connectivity index (χ0v) is 15.4. The molecule has 0 amide bonds. The second-order valence-electron chi connectivity index (χ2n) is 5.86. The van der Waals surface area contributed by atoms with Crippen LogP contribution in [0.1, 0.15) is 43.4 Å². The highest BCUT2D eigenvalue weighted by molar-refractivity contribution is 8.02. The molecule has 0 aliphatic carbocycles. The van der Waals surface area contributed by atoms with E-state index in [1.165, 1.54) is 21.6 Å². The number of rotatable bonds is 7. The average Bonchev–Trinajstić information content (AvgIpc) is 2.58. The molecule has 0 saturated carbocycles. The van der Waals surface area contributed by atoms with E-state index in [0.29, 0.717) is 0 Å². The van der Waals surface area contributed by atoms with Crippen molar-refractivity contribution in [3.63, 3.8) is 0 Å². The highest BCUT2D eigenvalue weighted by Gasteiger charge is 2.09. The van der Waals surface area contributed by atoms with E-state index in [1.54, 1.807) is 0 Å². The van der Waals surface area contributed by atoms with Crippen molar-refractivity contribution in [1.29, 1.82) is 0 Å². The Morgan fingerprint density at radius 2 is 2.22 bits per heavy atom. The lowest BCUT2D eigenvalue weighted by atomic mass is 10.0. The molecule has 1 aliphatic heterocycles. The van der Waals surface area contributed by atoms with Crippen molar-refractivity contribution >= 4 is 17.6 Å². The number of nitrogens with one attached hydrogen (secondary N) is 1. The van der Waals surface area contributed by atoms with E-state index in [1.807, 2.05) is 11.8 Å². The lowest BCUT2D eigenvalue weighted by molar-refractivity contribution is 0.732. The summed E-state index contributed by atoms with van der Waals surface area (Å²) in [6.45, 7) is 8.48. The van der Waals surface area contributed by atoms with Crippen LogP contribution in [0.4, 0.5) is 0 Å². The van der Waals surface area contributed by atoms with Crippen LogP contribution >= 0.6 is 11.8 Å². The predicted octanol–water partition coefficient (Wildman–Crippen LogP) is 5.03. The molecule has 0 unspecified atom stereocenters. The van der Waals surface area contributed by atoms with Gasteiger partial charge in [-0.15, -0.1) is 11.8 Å². The molecule has 1 N–H and O–H groups in total. The summed E-state index contributed by atoms with van der Waals surface area (Å²) in [5, 5.41) is 3.43. The number of allylic oxidation sites excluding steroid dienone is 3. The van der Waals surface area contributed by atoms with E-state index in [-0.39, 0.29) is 0 Å². The molecule has 2 rings (SSSR count). The van der Waals surface area contributed by atoms with Crippen molar-refractivity contribution in [3.05, 3.63) is 58.0 Å². The van der Waals surface area contributed by atoms with Crippen LogP contribution in [0.5, 0.6) is 0 Å². The van der Waals surface area contributed by atoms with Crippen LogP contribution < -0.4 is 5.32 Å². The van der Waals surface area contributed by atoms with Gasteiger partial charge in [0.25, 0.3) is 0 Å². The normalized spacial score (nSPS) is 15.6. The molecule has 0 atom stereocenters. The molecule has 23 heavy (non-hydrogen) atoms. The van der Waals surface area contributed by atoms with Crippen LogP contribution in [0.15, 0.2) is 46.3 Å². The van der Waals surface area contributed by atoms with E-state index in [4.69, 9.17) is 0 Å². The van der Waals surface area contributed by atoms with Crippen molar-refractivity contribution in [1.82, 2.24) is 5.32 Å². The van der Waals surface area contributed by atoms with Crippen molar-refractivity contribution < 1.29 is 0 Å². The maximum atomic E-state index is 4.61. The molecule has 2 nitrogen and oxygen atoms in total. The van der Waals surface area contributed by atoms with Crippen molar-refractivity contribution in [2.45, 2.75) is 45.8 Å². The summed E-state index contributed by atoms with van der Waals surface area (Å²) < 4.78 is 0. The summed E-state index contributed by atoms with van der Waals surface area (Å²) in [6, 6.07) is 6.81. The van der Waals surface area contributed by atoms with Gasteiger partial charge in [-0.1, -0.05) is 48.9 Å². The lowest BCUT2D eigenvalue weighted by Crippen LogP contribution is -2.29. The largest absolute Gasteiger partial charge is 0.373 e. The second kappa shape index (κ2) is 9.61. The summed E-state index contributed by atoms with van der Waals surface area (Å²) in [5.41, 5.74) is 4.26. The highest BCUT2D eigenvalue weighted by atomic mass is 32.2. The maximum absolute atomic E-state index is 4.61. The third kappa shape index (κ3) is 5.91. The first-order chi connectivity index (χ1) is 11.2. The molecule has 0 fully saturated rings. The van der Waals surface area contributed by atoms with Gasteiger partial charge in [-0.2, -0.15) is 0 Å². The fraction of sp³-hybridized carbons (Fsp3) is 0.450. The highest BCUT2D eigenvalue weighted by Crippen LogP contribution is 2.27. The number of aliphatic imine (C=N–C) groups is 1. The van der Waals surface area contributed by atoms with Crippen molar-refractivity contribution in [2.75, 3.05) is 13.1 Å². The third-order valence-electron chi connectivity index (χ3n) is 3.94. The number of hydrogen-bond acceptors (Lipinski definition) is 3. The number of aryl methyl sites for hydroxylation is 2. The van der Waals surface area contributed by atoms with Gasteiger partial charge in [-0.25, -0.2) is 0 Å². The van der Waals surface area contributed by atoms with E-state index in [0.717, 1.165) is 43.9 Å². The molecule has 124 valence electrons. The maximum Gasteiger partial charge on any atom is 0.101 e. The first-order valence-electron chi connectivity index (χ1n) is 8.53. The molecule has 0 saturated heterocycles. The van der Waals surface area contributed by atoms with Gasteiger partial charge in [0.1, 0.15) is 5.84 Å². The van der Waals surface area contributed by atoms with Crippen LogP contribution in [-0.2, 0) is 12.2 Å². The van der Waals surface area contributed by atoms with E-state index in [2.05, 4.69) is 67.5 Å². The molecule has 0 radical (unpaired) electrons. The summed E-state index contributed by atoms with van der Waals surface area (Å²) in [6.07, 6.45) is 9.60. The molecule has 1 heterocycles. The first-order valence-corrected chi connectivity index (χ1v) is 9.51. The summed E-state index contributed by atoms with van der Waals surface area (Å²) >= 11 is 1.94. The number of hydrogen-bond donors (Lipinski definition) is 1. The molecular formula is C20H28N2S.